The number of carbonyl (C=O) groups is 2. The van der Waals surface area contributed by atoms with E-state index in [9.17, 15) is 9.59 Å². The summed E-state index contributed by atoms with van der Waals surface area (Å²) in [5, 5.41) is 0.838. The summed E-state index contributed by atoms with van der Waals surface area (Å²) in [5.74, 6) is -0.264. The molecule has 2 amide bonds. The van der Waals surface area contributed by atoms with Gasteiger partial charge in [-0.1, -0.05) is 63.7 Å². The molecule has 10 heteroatoms. The molecule has 0 saturated carbocycles. The summed E-state index contributed by atoms with van der Waals surface area (Å²) in [6.45, 7) is 1.20. The monoisotopic (exact) mass is 590 g/mol. The molecule has 2 atom stereocenters. The Kier molecular flexibility index (Phi) is 5.64. The first kappa shape index (κ1) is 19.0. The average molecular weight is 594 g/mol. The zero-order valence-electron chi connectivity index (χ0n) is 12.4. The lowest BCUT2D eigenvalue weighted by molar-refractivity contribution is -0.176. The summed E-state index contributed by atoms with van der Waals surface area (Å²) in [6, 6.07) is 0. The van der Waals surface area contributed by atoms with Gasteiger partial charge in [-0.05, 0) is 0 Å². The summed E-state index contributed by atoms with van der Waals surface area (Å²) in [5.41, 5.74) is -1.80. The highest BCUT2D eigenvalue weighted by Crippen LogP contribution is 2.41. The van der Waals surface area contributed by atoms with Gasteiger partial charge in [-0.2, -0.15) is 0 Å². The molecule has 3 aliphatic rings. The van der Waals surface area contributed by atoms with Crippen LogP contribution in [0.2, 0.25) is 0 Å². The average Bonchev–Trinajstić information content (AvgIpc) is 2.93. The smallest absolute Gasteiger partial charge is 0.250 e. The Morgan fingerprint density at radius 2 is 1.25 bits per heavy atom. The van der Waals surface area contributed by atoms with Gasteiger partial charge in [0.2, 0.25) is 11.8 Å². The third kappa shape index (κ3) is 2.77. The molecule has 1 saturated heterocycles. The topological polar surface area (TPSA) is 59.1 Å². The molecule has 0 spiro atoms. The minimum Gasteiger partial charge on any atom is -0.348 e. The van der Waals surface area contributed by atoms with E-state index in [-0.39, 0.29) is 25.0 Å². The van der Waals surface area contributed by atoms with E-state index >= 15 is 0 Å². The number of nitrogens with zero attached hydrogens (tertiary/aromatic N) is 2. The van der Waals surface area contributed by atoms with Gasteiger partial charge in [-0.25, -0.2) is 0 Å². The maximum atomic E-state index is 12.3. The fourth-order valence-electron chi connectivity index (χ4n) is 3.05. The number of alkyl halides is 2. The van der Waals surface area contributed by atoms with Gasteiger partial charge in [0.1, 0.15) is 0 Å². The SMILES string of the molecule is O=C1C=C(Br)C2(CBr)OCCN3C(=O)C=C(Br)C3(CBr)OCCN12. The second kappa shape index (κ2) is 7.11. The van der Waals surface area contributed by atoms with Crippen LogP contribution in [-0.4, -0.2) is 70.0 Å². The van der Waals surface area contributed by atoms with Crippen LogP contribution >= 0.6 is 63.7 Å². The van der Waals surface area contributed by atoms with Crippen molar-refractivity contribution in [2.24, 2.45) is 0 Å². The largest absolute Gasteiger partial charge is 0.348 e. The van der Waals surface area contributed by atoms with Crippen molar-refractivity contribution in [1.82, 2.24) is 9.80 Å². The zero-order valence-corrected chi connectivity index (χ0v) is 18.8. The van der Waals surface area contributed by atoms with E-state index in [0.717, 1.165) is 0 Å². The van der Waals surface area contributed by atoms with Gasteiger partial charge in [0.15, 0.2) is 11.4 Å². The Balaban J connectivity index is 1.90. The number of hydrogen-bond acceptors (Lipinski definition) is 4. The summed E-state index contributed by atoms with van der Waals surface area (Å²) in [6.07, 6.45) is 3.03. The van der Waals surface area contributed by atoms with Gasteiger partial charge in [-0.15, -0.1) is 0 Å². The van der Waals surface area contributed by atoms with E-state index in [2.05, 4.69) is 63.7 Å². The van der Waals surface area contributed by atoms with E-state index in [1.54, 1.807) is 9.80 Å². The molecule has 0 aromatic heterocycles. The molecule has 0 aromatic rings. The highest BCUT2D eigenvalue weighted by Gasteiger charge is 2.51. The Hall–Kier alpha value is 0.260. The predicted molar refractivity (Wildman–Crippen MR) is 102 cm³/mol. The van der Waals surface area contributed by atoms with Crippen LogP contribution in [0.25, 0.3) is 0 Å². The summed E-state index contributed by atoms with van der Waals surface area (Å²) >= 11 is 13.8. The highest BCUT2D eigenvalue weighted by atomic mass is 79.9. The number of fused-ring (bicyclic) bond motifs is 2. The minimum absolute atomic E-state index is 0.132. The molecule has 0 bridgehead atoms. The van der Waals surface area contributed by atoms with Gasteiger partial charge >= 0.3 is 0 Å². The molecule has 3 heterocycles. The molecular weight excluding hydrogens is 580 g/mol. The Morgan fingerprint density at radius 1 is 0.875 bits per heavy atom. The molecule has 1 fully saturated rings. The van der Waals surface area contributed by atoms with Gasteiger partial charge in [-0.3, -0.25) is 9.59 Å². The van der Waals surface area contributed by atoms with E-state index < -0.39 is 11.4 Å². The quantitative estimate of drug-likeness (QED) is 0.462. The van der Waals surface area contributed by atoms with Crippen LogP contribution in [0.3, 0.4) is 0 Å². The summed E-state index contributed by atoms with van der Waals surface area (Å²) in [7, 11) is 0. The van der Waals surface area contributed by atoms with Gasteiger partial charge in [0.25, 0.3) is 0 Å². The number of halogens is 4. The fraction of sp³-hybridized carbons (Fsp3) is 0.571. The second-order valence-electron chi connectivity index (χ2n) is 5.50. The van der Waals surface area contributed by atoms with E-state index in [0.29, 0.717) is 32.7 Å². The normalized spacial score (nSPS) is 34.0. The molecule has 0 N–H and O–H groups in total. The molecule has 6 nitrogen and oxygen atoms in total. The number of hydrogen-bond donors (Lipinski definition) is 0. The lowest BCUT2D eigenvalue weighted by Crippen LogP contribution is -2.58. The first-order valence-electron chi connectivity index (χ1n) is 7.20. The molecule has 3 aliphatic heterocycles. The van der Waals surface area contributed by atoms with E-state index in [1.165, 1.54) is 12.2 Å². The van der Waals surface area contributed by atoms with Gasteiger partial charge in [0.05, 0.1) is 32.8 Å². The Morgan fingerprint density at radius 3 is 1.58 bits per heavy atom. The number of rotatable bonds is 2. The minimum atomic E-state index is -0.901. The number of ether oxygens (including phenoxy) is 2. The Bertz CT molecular complexity index is 586. The lowest BCUT2D eigenvalue weighted by atomic mass is 10.2. The van der Waals surface area contributed by atoms with Crippen molar-refractivity contribution in [1.29, 1.82) is 0 Å². The summed E-state index contributed by atoms with van der Waals surface area (Å²) in [4.78, 5) is 27.9. The third-order valence-electron chi connectivity index (χ3n) is 4.32. The zero-order chi connectivity index (χ0) is 17.5. The highest BCUT2D eigenvalue weighted by molar-refractivity contribution is 9.12. The predicted octanol–water partition coefficient (Wildman–Crippen LogP) is 2.46. The molecule has 24 heavy (non-hydrogen) atoms. The molecule has 2 unspecified atom stereocenters. The van der Waals surface area contributed by atoms with Crippen molar-refractivity contribution in [2.75, 3.05) is 37.0 Å². The third-order valence-corrected chi connectivity index (χ3v) is 7.54. The van der Waals surface area contributed by atoms with Crippen molar-refractivity contribution >= 4 is 75.5 Å². The lowest BCUT2D eigenvalue weighted by Gasteiger charge is -2.43. The fourth-order valence-corrected chi connectivity index (χ4v) is 6.66. The van der Waals surface area contributed by atoms with Crippen molar-refractivity contribution < 1.29 is 19.1 Å². The van der Waals surface area contributed by atoms with Crippen molar-refractivity contribution in [3.05, 3.63) is 21.1 Å². The van der Waals surface area contributed by atoms with Gasteiger partial charge in [0, 0.05) is 25.2 Å². The number of amides is 2. The molecule has 0 radical (unpaired) electrons. The van der Waals surface area contributed by atoms with E-state index in [4.69, 9.17) is 9.47 Å². The van der Waals surface area contributed by atoms with Crippen LogP contribution in [0, 0.1) is 0 Å². The van der Waals surface area contributed by atoms with Crippen molar-refractivity contribution in [2.45, 2.75) is 11.4 Å². The van der Waals surface area contributed by atoms with Crippen LogP contribution < -0.4 is 0 Å². The Labute approximate surface area is 173 Å². The van der Waals surface area contributed by atoms with Crippen LogP contribution in [0.4, 0.5) is 0 Å². The van der Waals surface area contributed by atoms with Crippen molar-refractivity contribution in [3.63, 3.8) is 0 Å². The molecule has 0 aliphatic carbocycles. The maximum absolute atomic E-state index is 12.3. The molecular formula is C14H14Br4N2O4. The van der Waals surface area contributed by atoms with Crippen LogP contribution in [0.15, 0.2) is 21.1 Å². The number of carbonyl (C=O) groups excluding carboxylic acids is 2. The van der Waals surface area contributed by atoms with Crippen LogP contribution in [0.5, 0.6) is 0 Å². The molecule has 3 rings (SSSR count). The van der Waals surface area contributed by atoms with E-state index in [1.807, 2.05) is 0 Å². The van der Waals surface area contributed by atoms with Crippen molar-refractivity contribution in [3.8, 4) is 0 Å². The first-order chi connectivity index (χ1) is 11.4. The standard InChI is InChI=1S/C14H14Br4N2O4/c15-7-13-9(17)5-11(21)19(13)1-3-23-14(8-16)10(18)6-12(22)20(14)2-4-24-13/h5-6H,1-4,7-8H2. The van der Waals surface area contributed by atoms with Gasteiger partial charge < -0.3 is 19.3 Å². The van der Waals surface area contributed by atoms with Crippen LogP contribution in [0.1, 0.15) is 0 Å². The maximum Gasteiger partial charge on any atom is 0.250 e. The molecule has 0 aromatic carbocycles. The van der Waals surface area contributed by atoms with Crippen LogP contribution in [-0.2, 0) is 19.1 Å². The second-order valence-corrected chi connectivity index (χ2v) is 8.33. The molecule has 132 valence electrons. The first-order valence-corrected chi connectivity index (χ1v) is 11.0. The summed E-state index contributed by atoms with van der Waals surface area (Å²) < 4.78 is 13.5.